The zero-order chi connectivity index (χ0) is 23.1. The summed E-state index contributed by atoms with van der Waals surface area (Å²) in [5.41, 5.74) is 2.70. The number of carbonyl (C=O) groups is 4. The molecular weight excluding hydrogens is 424 g/mol. The number of carbonyl (C=O) groups excluding carboxylic acids is 4. The van der Waals surface area contributed by atoms with Gasteiger partial charge in [-0.25, -0.2) is 4.98 Å². The van der Waals surface area contributed by atoms with Gasteiger partial charge in [-0.15, -0.1) is 0 Å². The molecule has 3 atom stereocenters. The van der Waals surface area contributed by atoms with Crippen LogP contribution in [0, 0.1) is 5.92 Å². The summed E-state index contributed by atoms with van der Waals surface area (Å²) in [5, 5.41) is 9.14. The maximum Gasteiger partial charge on any atom is 0.262 e. The first kappa shape index (κ1) is 21.5. The van der Waals surface area contributed by atoms with Gasteiger partial charge in [0, 0.05) is 50.9 Å². The van der Waals surface area contributed by atoms with E-state index in [1.54, 1.807) is 12.1 Å². The van der Waals surface area contributed by atoms with E-state index in [1.165, 1.54) is 5.69 Å². The number of amides is 4. The molecule has 5 rings (SSSR count). The number of aromatic nitrogens is 2. The van der Waals surface area contributed by atoms with Crippen LogP contribution in [0.25, 0.3) is 0 Å². The van der Waals surface area contributed by atoms with Gasteiger partial charge in [-0.1, -0.05) is 6.07 Å². The fourth-order valence-corrected chi connectivity index (χ4v) is 5.05. The first-order valence-corrected chi connectivity index (χ1v) is 11.2. The summed E-state index contributed by atoms with van der Waals surface area (Å²) in [6, 6.07) is 4.25. The monoisotopic (exact) mass is 450 g/mol. The normalized spacial score (nSPS) is 25.0. The molecule has 2 saturated heterocycles. The van der Waals surface area contributed by atoms with Crippen molar-refractivity contribution in [1.29, 1.82) is 0 Å². The average Bonchev–Trinajstić information content (AvgIpc) is 3.48. The SMILES string of the molecule is Cn1cncc1[C@@H]1CNC[C@H]1CNCc1ccc2c(c1)C(=O)N(C1CCC(=O)NC1=O)C2=O. The molecule has 2 aromatic rings. The Bertz CT molecular complexity index is 1140. The first-order valence-electron chi connectivity index (χ1n) is 11.2. The molecule has 0 saturated carbocycles. The summed E-state index contributed by atoms with van der Waals surface area (Å²) in [7, 11) is 2.01. The van der Waals surface area contributed by atoms with Gasteiger partial charge in [0.25, 0.3) is 11.8 Å². The molecule has 0 radical (unpaired) electrons. The van der Waals surface area contributed by atoms with E-state index in [9.17, 15) is 19.2 Å². The molecule has 2 fully saturated rings. The molecule has 3 aliphatic heterocycles. The molecule has 0 spiro atoms. The molecule has 4 heterocycles. The van der Waals surface area contributed by atoms with Gasteiger partial charge in [0.2, 0.25) is 11.8 Å². The highest BCUT2D eigenvalue weighted by atomic mass is 16.2. The lowest BCUT2D eigenvalue weighted by Gasteiger charge is -2.27. The lowest BCUT2D eigenvalue weighted by atomic mass is 9.93. The summed E-state index contributed by atoms with van der Waals surface area (Å²) < 4.78 is 2.06. The van der Waals surface area contributed by atoms with Crippen LogP contribution in [0.15, 0.2) is 30.7 Å². The first-order chi connectivity index (χ1) is 15.9. The molecule has 1 aromatic heterocycles. The van der Waals surface area contributed by atoms with Gasteiger partial charge in [0.05, 0.1) is 17.5 Å². The molecule has 33 heavy (non-hydrogen) atoms. The predicted octanol–water partition coefficient (Wildman–Crippen LogP) is -0.0859. The number of benzene rings is 1. The third-order valence-corrected chi connectivity index (χ3v) is 6.81. The van der Waals surface area contributed by atoms with Crippen LogP contribution in [0.5, 0.6) is 0 Å². The van der Waals surface area contributed by atoms with Crippen molar-refractivity contribution in [2.24, 2.45) is 13.0 Å². The van der Waals surface area contributed by atoms with Gasteiger partial charge >= 0.3 is 0 Å². The third kappa shape index (κ3) is 3.85. The lowest BCUT2D eigenvalue weighted by molar-refractivity contribution is -0.136. The number of aryl methyl sites for hydroxylation is 1. The van der Waals surface area contributed by atoms with E-state index in [4.69, 9.17) is 0 Å². The molecule has 10 heteroatoms. The van der Waals surface area contributed by atoms with Crippen LogP contribution in [0.1, 0.15) is 50.7 Å². The van der Waals surface area contributed by atoms with Gasteiger partial charge in [0.1, 0.15) is 6.04 Å². The summed E-state index contributed by atoms with van der Waals surface area (Å²) in [6.07, 6.45) is 3.99. The van der Waals surface area contributed by atoms with Crippen LogP contribution in [-0.4, -0.2) is 63.8 Å². The number of hydrogen-bond donors (Lipinski definition) is 3. The zero-order valence-electron chi connectivity index (χ0n) is 18.3. The van der Waals surface area contributed by atoms with Crippen molar-refractivity contribution in [3.63, 3.8) is 0 Å². The molecule has 0 aliphatic carbocycles. The van der Waals surface area contributed by atoms with Gasteiger partial charge in [-0.2, -0.15) is 0 Å². The number of nitrogens with one attached hydrogen (secondary N) is 3. The van der Waals surface area contributed by atoms with E-state index >= 15 is 0 Å². The minimum absolute atomic E-state index is 0.106. The van der Waals surface area contributed by atoms with Gasteiger partial charge < -0.3 is 15.2 Å². The van der Waals surface area contributed by atoms with Crippen LogP contribution < -0.4 is 16.0 Å². The Morgan fingerprint density at radius 1 is 1.12 bits per heavy atom. The quantitative estimate of drug-likeness (QED) is 0.526. The van der Waals surface area contributed by atoms with E-state index in [2.05, 4.69) is 25.5 Å². The van der Waals surface area contributed by atoms with Crippen molar-refractivity contribution in [2.45, 2.75) is 31.3 Å². The Morgan fingerprint density at radius 3 is 2.70 bits per heavy atom. The van der Waals surface area contributed by atoms with Crippen molar-refractivity contribution in [3.05, 3.63) is 53.1 Å². The Labute approximate surface area is 190 Å². The third-order valence-electron chi connectivity index (χ3n) is 6.81. The molecular formula is C23H26N6O4. The molecule has 4 amide bonds. The van der Waals surface area contributed by atoms with E-state index in [-0.39, 0.29) is 18.7 Å². The number of nitrogens with zero attached hydrogens (tertiary/aromatic N) is 3. The summed E-state index contributed by atoms with van der Waals surface area (Å²) in [4.78, 5) is 54.6. The van der Waals surface area contributed by atoms with Crippen LogP contribution in [0.3, 0.4) is 0 Å². The van der Waals surface area contributed by atoms with E-state index in [0.29, 0.717) is 29.5 Å². The minimum Gasteiger partial charge on any atom is -0.337 e. The maximum absolute atomic E-state index is 13.0. The fraction of sp³-hybridized carbons (Fsp3) is 0.435. The standard InChI is InChI=1S/C23H26N6O4/c1-28-12-26-11-19(28)17-10-25-9-14(17)8-24-7-13-2-3-15-16(6-13)23(33)29(22(15)32)18-4-5-20(30)27-21(18)31/h2-3,6,11-12,14,17-18,24-25H,4-5,7-10H2,1H3,(H,27,30,31)/t14-,17-,18?/m1/s1. The second-order valence-corrected chi connectivity index (χ2v) is 8.91. The van der Waals surface area contributed by atoms with Crippen LogP contribution >= 0.6 is 0 Å². The number of imidazole rings is 1. The van der Waals surface area contributed by atoms with Crippen molar-refractivity contribution in [3.8, 4) is 0 Å². The smallest absolute Gasteiger partial charge is 0.262 e. The van der Waals surface area contributed by atoms with E-state index < -0.39 is 23.8 Å². The van der Waals surface area contributed by atoms with Gasteiger partial charge in [-0.3, -0.25) is 29.4 Å². The van der Waals surface area contributed by atoms with Crippen LogP contribution in [0.4, 0.5) is 0 Å². The Morgan fingerprint density at radius 2 is 1.94 bits per heavy atom. The van der Waals surface area contributed by atoms with Crippen molar-refractivity contribution < 1.29 is 19.2 Å². The summed E-state index contributed by atoms with van der Waals surface area (Å²) in [5.74, 6) is -1.16. The number of fused-ring (bicyclic) bond motifs is 1. The van der Waals surface area contributed by atoms with Crippen molar-refractivity contribution in [2.75, 3.05) is 19.6 Å². The number of piperidine rings is 1. The van der Waals surface area contributed by atoms with E-state index in [0.717, 1.165) is 30.1 Å². The maximum atomic E-state index is 13.0. The topological polar surface area (TPSA) is 125 Å². The molecule has 3 aliphatic rings. The molecule has 1 unspecified atom stereocenters. The molecule has 3 N–H and O–H groups in total. The molecule has 1 aromatic carbocycles. The second-order valence-electron chi connectivity index (χ2n) is 8.91. The highest BCUT2D eigenvalue weighted by Crippen LogP contribution is 2.29. The number of hydrogen-bond acceptors (Lipinski definition) is 7. The van der Waals surface area contributed by atoms with Crippen molar-refractivity contribution >= 4 is 23.6 Å². The Kier molecular flexibility index (Phi) is 5.55. The predicted molar refractivity (Wildman–Crippen MR) is 117 cm³/mol. The highest BCUT2D eigenvalue weighted by molar-refractivity contribution is 6.23. The largest absolute Gasteiger partial charge is 0.337 e. The van der Waals surface area contributed by atoms with Gasteiger partial charge in [0.15, 0.2) is 0 Å². The summed E-state index contributed by atoms with van der Waals surface area (Å²) in [6.45, 7) is 3.19. The average molecular weight is 450 g/mol. The molecule has 10 nitrogen and oxygen atoms in total. The fourth-order valence-electron chi connectivity index (χ4n) is 5.05. The number of imide groups is 2. The molecule has 0 bridgehead atoms. The van der Waals surface area contributed by atoms with Crippen molar-refractivity contribution in [1.82, 2.24) is 30.4 Å². The zero-order valence-corrected chi connectivity index (χ0v) is 18.3. The lowest BCUT2D eigenvalue weighted by Crippen LogP contribution is -2.54. The Balaban J connectivity index is 1.24. The minimum atomic E-state index is -0.949. The summed E-state index contributed by atoms with van der Waals surface area (Å²) >= 11 is 0. The van der Waals surface area contributed by atoms with E-state index in [1.807, 2.05) is 25.6 Å². The number of rotatable bonds is 6. The van der Waals surface area contributed by atoms with Gasteiger partial charge in [-0.05, 0) is 36.6 Å². The highest BCUT2D eigenvalue weighted by Gasteiger charge is 2.44. The second kappa shape index (κ2) is 8.53. The van der Waals surface area contributed by atoms with Crippen LogP contribution in [0.2, 0.25) is 0 Å². The van der Waals surface area contributed by atoms with Crippen LogP contribution in [-0.2, 0) is 23.2 Å². The molecule has 172 valence electrons. The Hall–Kier alpha value is -3.37.